The third-order valence-electron chi connectivity index (χ3n) is 2.21. The Labute approximate surface area is 101 Å². The largest absolute Gasteiger partial charge is 0.393 e. The second-order valence-electron chi connectivity index (χ2n) is 3.43. The lowest BCUT2D eigenvalue weighted by Gasteiger charge is -2.11. The van der Waals surface area contributed by atoms with Crippen molar-refractivity contribution < 1.29 is 5.11 Å². The van der Waals surface area contributed by atoms with Gasteiger partial charge < -0.3 is 5.11 Å². The molecule has 0 heterocycles. The summed E-state index contributed by atoms with van der Waals surface area (Å²) in [6.07, 6.45) is 1.22. The first-order valence-electron chi connectivity index (χ1n) is 5.23. The average Bonchev–Trinajstić information content (AvgIpc) is 2.22. The fraction of sp³-hybridized carbons (Fsp3) is 0.500. The zero-order valence-corrected chi connectivity index (χ0v) is 10.5. The summed E-state index contributed by atoms with van der Waals surface area (Å²) in [5.41, 5.74) is 1.04. The number of aliphatic hydroxyl groups is 1. The molecule has 1 aromatic rings. The third-order valence-corrected chi connectivity index (χ3v) is 3.51. The van der Waals surface area contributed by atoms with Gasteiger partial charge in [0.1, 0.15) is 0 Å². The van der Waals surface area contributed by atoms with Crippen LogP contribution in [0.5, 0.6) is 0 Å². The van der Waals surface area contributed by atoms with E-state index in [1.165, 1.54) is 0 Å². The van der Waals surface area contributed by atoms with Crippen molar-refractivity contribution >= 4 is 23.4 Å². The third kappa shape index (κ3) is 4.92. The van der Waals surface area contributed by atoms with Crippen molar-refractivity contribution in [3.8, 4) is 0 Å². The highest BCUT2D eigenvalue weighted by Crippen LogP contribution is 2.18. The van der Waals surface area contributed by atoms with Crippen LogP contribution in [0.1, 0.15) is 18.9 Å². The number of hydrogen-bond donors (Lipinski definition) is 1. The standard InChI is InChI=1S/C12H17ClOS/c1-2-15-8-7-11(14)9-10-5-3-4-6-12(10)13/h3-6,11,14H,2,7-9H2,1H3. The molecule has 0 saturated heterocycles. The summed E-state index contributed by atoms with van der Waals surface area (Å²) < 4.78 is 0. The number of aliphatic hydroxyl groups excluding tert-OH is 1. The van der Waals surface area contributed by atoms with Gasteiger partial charge in [-0.2, -0.15) is 11.8 Å². The lowest BCUT2D eigenvalue weighted by atomic mass is 10.1. The maximum atomic E-state index is 9.78. The van der Waals surface area contributed by atoms with E-state index in [2.05, 4.69) is 6.92 Å². The summed E-state index contributed by atoms with van der Waals surface area (Å²) >= 11 is 7.87. The van der Waals surface area contributed by atoms with E-state index in [1.807, 2.05) is 36.0 Å². The van der Waals surface area contributed by atoms with E-state index in [9.17, 15) is 5.11 Å². The predicted octanol–water partition coefficient (Wildman–Crippen LogP) is 3.39. The van der Waals surface area contributed by atoms with E-state index in [0.717, 1.165) is 28.5 Å². The Hall–Kier alpha value is -0.180. The number of halogens is 1. The molecule has 15 heavy (non-hydrogen) atoms. The Morgan fingerprint density at radius 1 is 1.40 bits per heavy atom. The highest BCUT2D eigenvalue weighted by molar-refractivity contribution is 7.99. The van der Waals surface area contributed by atoms with E-state index in [-0.39, 0.29) is 6.10 Å². The molecule has 1 rings (SSSR count). The molecule has 0 fully saturated rings. The Kier molecular flexibility index (Phi) is 6.15. The minimum atomic E-state index is -0.274. The van der Waals surface area contributed by atoms with Gasteiger partial charge in [-0.3, -0.25) is 0 Å². The molecule has 84 valence electrons. The van der Waals surface area contributed by atoms with Gasteiger partial charge in [-0.25, -0.2) is 0 Å². The molecule has 0 radical (unpaired) electrons. The van der Waals surface area contributed by atoms with Gasteiger partial charge in [0.15, 0.2) is 0 Å². The molecule has 1 N–H and O–H groups in total. The zero-order chi connectivity index (χ0) is 11.1. The molecular weight excluding hydrogens is 228 g/mol. The molecule has 3 heteroatoms. The molecule has 0 saturated carbocycles. The van der Waals surface area contributed by atoms with Gasteiger partial charge in [-0.15, -0.1) is 0 Å². The number of hydrogen-bond acceptors (Lipinski definition) is 2. The van der Waals surface area contributed by atoms with Crippen LogP contribution < -0.4 is 0 Å². The second kappa shape index (κ2) is 7.15. The van der Waals surface area contributed by atoms with Crippen LogP contribution in [-0.4, -0.2) is 22.7 Å². The quantitative estimate of drug-likeness (QED) is 0.775. The molecule has 0 spiro atoms. The van der Waals surface area contributed by atoms with Crippen LogP contribution in [0.2, 0.25) is 5.02 Å². The van der Waals surface area contributed by atoms with Crippen LogP contribution in [-0.2, 0) is 6.42 Å². The van der Waals surface area contributed by atoms with E-state index in [4.69, 9.17) is 11.6 Å². The summed E-state index contributed by atoms with van der Waals surface area (Å²) in [4.78, 5) is 0. The van der Waals surface area contributed by atoms with Gasteiger partial charge in [0, 0.05) is 5.02 Å². The van der Waals surface area contributed by atoms with E-state index in [1.54, 1.807) is 0 Å². The van der Waals surface area contributed by atoms with Crippen LogP contribution in [0.4, 0.5) is 0 Å². The first-order valence-corrected chi connectivity index (χ1v) is 6.76. The molecule has 1 nitrogen and oxygen atoms in total. The van der Waals surface area contributed by atoms with Crippen molar-refractivity contribution in [2.45, 2.75) is 25.9 Å². The van der Waals surface area contributed by atoms with Gasteiger partial charge >= 0.3 is 0 Å². The summed E-state index contributed by atoms with van der Waals surface area (Å²) in [5.74, 6) is 2.13. The van der Waals surface area contributed by atoms with Crippen LogP contribution in [0, 0.1) is 0 Å². The van der Waals surface area contributed by atoms with Crippen LogP contribution in [0.25, 0.3) is 0 Å². The number of thioether (sulfide) groups is 1. The Bertz CT molecular complexity index is 291. The summed E-state index contributed by atoms with van der Waals surface area (Å²) in [6, 6.07) is 7.70. The van der Waals surface area contributed by atoms with Crippen molar-refractivity contribution in [3.63, 3.8) is 0 Å². The molecule has 0 amide bonds. The highest BCUT2D eigenvalue weighted by atomic mass is 35.5. The van der Waals surface area contributed by atoms with Crippen molar-refractivity contribution in [2.24, 2.45) is 0 Å². The number of benzene rings is 1. The van der Waals surface area contributed by atoms with Crippen LogP contribution in [0.3, 0.4) is 0 Å². The fourth-order valence-corrected chi connectivity index (χ4v) is 2.32. The maximum Gasteiger partial charge on any atom is 0.0589 e. The van der Waals surface area contributed by atoms with Gasteiger partial charge in [-0.1, -0.05) is 36.7 Å². The zero-order valence-electron chi connectivity index (χ0n) is 8.95. The molecule has 0 bridgehead atoms. The molecule has 0 aliphatic carbocycles. The van der Waals surface area contributed by atoms with Crippen LogP contribution >= 0.6 is 23.4 Å². The fourth-order valence-electron chi connectivity index (χ4n) is 1.38. The summed E-state index contributed by atoms with van der Waals surface area (Å²) in [5, 5.41) is 10.5. The molecule has 1 aromatic carbocycles. The molecule has 1 unspecified atom stereocenters. The molecule has 0 aromatic heterocycles. The van der Waals surface area contributed by atoms with Gasteiger partial charge in [0.25, 0.3) is 0 Å². The Balaban J connectivity index is 2.37. The smallest absolute Gasteiger partial charge is 0.0589 e. The Morgan fingerprint density at radius 2 is 2.13 bits per heavy atom. The molecular formula is C12H17ClOS. The SMILES string of the molecule is CCSCCC(O)Cc1ccccc1Cl. The Morgan fingerprint density at radius 3 is 2.80 bits per heavy atom. The van der Waals surface area contributed by atoms with Crippen molar-refractivity contribution in [1.82, 2.24) is 0 Å². The van der Waals surface area contributed by atoms with Crippen molar-refractivity contribution in [2.75, 3.05) is 11.5 Å². The minimum absolute atomic E-state index is 0.274. The lowest BCUT2D eigenvalue weighted by Crippen LogP contribution is -2.11. The maximum absolute atomic E-state index is 9.78. The van der Waals surface area contributed by atoms with Crippen molar-refractivity contribution in [1.29, 1.82) is 0 Å². The second-order valence-corrected chi connectivity index (χ2v) is 5.24. The highest BCUT2D eigenvalue weighted by Gasteiger charge is 2.07. The lowest BCUT2D eigenvalue weighted by molar-refractivity contribution is 0.172. The number of rotatable bonds is 6. The van der Waals surface area contributed by atoms with Gasteiger partial charge in [0.2, 0.25) is 0 Å². The molecule has 0 aliphatic heterocycles. The average molecular weight is 245 g/mol. The topological polar surface area (TPSA) is 20.2 Å². The normalized spacial score (nSPS) is 12.7. The van der Waals surface area contributed by atoms with Gasteiger partial charge in [-0.05, 0) is 36.0 Å². The predicted molar refractivity (Wildman–Crippen MR) is 68.8 cm³/mol. The first kappa shape index (κ1) is 12.9. The van der Waals surface area contributed by atoms with Crippen molar-refractivity contribution in [3.05, 3.63) is 34.9 Å². The van der Waals surface area contributed by atoms with E-state index >= 15 is 0 Å². The summed E-state index contributed by atoms with van der Waals surface area (Å²) in [6.45, 7) is 2.13. The van der Waals surface area contributed by atoms with E-state index < -0.39 is 0 Å². The molecule has 1 atom stereocenters. The van der Waals surface area contributed by atoms with Crippen LogP contribution in [0.15, 0.2) is 24.3 Å². The first-order chi connectivity index (χ1) is 7.24. The van der Waals surface area contributed by atoms with E-state index in [0.29, 0.717) is 6.42 Å². The summed E-state index contributed by atoms with van der Waals surface area (Å²) in [7, 11) is 0. The molecule has 0 aliphatic rings. The van der Waals surface area contributed by atoms with Gasteiger partial charge in [0.05, 0.1) is 6.10 Å². The monoisotopic (exact) mass is 244 g/mol. The minimum Gasteiger partial charge on any atom is -0.393 e.